The number of hydrogen-bond donors (Lipinski definition) is 1. The van der Waals surface area contributed by atoms with Crippen molar-refractivity contribution < 1.29 is 4.42 Å². The highest BCUT2D eigenvalue weighted by molar-refractivity contribution is 5.72. The Labute approximate surface area is 88.7 Å². The molecule has 0 amide bonds. The smallest absolute Gasteiger partial charge is 0.181 e. The number of rotatable bonds is 4. The van der Waals surface area contributed by atoms with Gasteiger partial charge in [0, 0.05) is 13.2 Å². The Morgan fingerprint density at radius 1 is 1.47 bits per heavy atom. The Morgan fingerprint density at radius 3 is 3.13 bits per heavy atom. The molecule has 0 saturated heterocycles. The summed E-state index contributed by atoms with van der Waals surface area (Å²) in [5.74, 6) is 0. The van der Waals surface area contributed by atoms with Gasteiger partial charge in [0.05, 0.1) is 0 Å². The van der Waals surface area contributed by atoms with E-state index in [1.165, 1.54) is 12.0 Å². The number of hydrogen-bond acceptors (Lipinski definition) is 4. The second kappa shape index (κ2) is 4.42. The number of oxazole rings is 1. The Morgan fingerprint density at radius 2 is 2.33 bits per heavy atom. The molecule has 2 N–H and O–H groups in total. The first kappa shape index (κ1) is 10.1. The third-order valence-electron chi connectivity index (χ3n) is 2.49. The topological polar surface area (TPSA) is 55.3 Å². The van der Waals surface area contributed by atoms with Gasteiger partial charge >= 0.3 is 0 Å². The molecule has 0 bridgehead atoms. The summed E-state index contributed by atoms with van der Waals surface area (Å²) in [6.45, 7) is 1.54. The van der Waals surface area contributed by atoms with Crippen LogP contribution >= 0.6 is 0 Å². The number of fused-ring (bicyclic) bond motifs is 1. The number of nitrogens with two attached hydrogens (primary N) is 1. The van der Waals surface area contributed by atoms with Crippen LogP contribution in [-0.4, -0.2) is 30.1 Å². The van der Waals surface area contributed by atoms with Crippen molar-refractivity contribution in [3.05, 3.63) is 30.2 Å². The van der Waals surface area contributed by atoms with E-state index in [1.807, 2.05) is 19.2 Å². The third-order valence-corrected chi connectivity index (χ3v) is 2.49. The quantitative estimate of drug-likeness (QED) is 0.762. The molecule has 0 atom stereocenters. The fourth-order valence-corrected chi connectivity index (χ4v) is 1.47. The molecule has 2 rings (SSSR count). The molecule has 4 nitrogen and oxygen atoms in total. The van der Waals surface area contributed by atoms with Crippen molar-refractivity contribution in [2.75, 3.05) is 20.3 Å². The number of aromatic nitrogens is 1. The minimum atomic E-state index is 0.588. The van der Waals surface area contributed by atoms with E-state index in [1.54, 1.807) is 0 Å². The summed E-state index contributed by atoms with van der Waals surface area (Å²) in [6, 6.07) is 6.10. The molecule has 1 aromatic heterocycles. The monoisotopic (exact) mass is 205 g/mol. The van der Waals surface area contributed by atoms with Crippen LogP contribution in [0.2, 0.25) is 0 Å². The molecule has 0 radical (unpaired) electrons. The molecule has 0 unspecified atom stereocenters. The first-order chi connectivity index (χ1) is 7.29. The van der Waals surface area contributed by atoms with E-state index < -0.39 is 0 Å². The zero-order valence-electron chi connectivity index (χ0n) is 8.81. The second-order valence-electron chi connectivity index (χ2n) is 3.67. The minimum absolute atomic E-state index is 0.588. The summed E-state index contributed by atoms with van der Waals surface area (Å²) < 4.78 is 5.24. The van der Waals surface area contributed by atoms with E-state index in [0.717, 1.165) is 24.1 Å². The maximum Gasteiger partial charge on any atom is 0.181 e. The van der Waals surface area contributed by atoms with Crippen molar-refractivity contribution in [2.45, 2.75) is 6.42 Å². The van der Waals surface area contributed by atoms with Gasteiger partial charge in [-0.2, -0.15) is 0 Å². The summed E-state index contributed by atoms with van der Waals surface area (Å²) in [6.07, 6.45) is 2.45. The van der Waals surface area contributed by atoms with Crippen molar-refractivity contribution in [3.8, 4) is 0 Å². The Balaban J connectivity index is 2.08. The molecule has 0 fully saturated rings. The summed E-state index contributed by atoms with van der Waals surface area (Å²) in [5, 5.41) is 0. The van der Waals surface area contributed by atoms with Crippen molar-refractivity contribution in [1.82, 2.24) is 9.88 Å². The fourth-order valence-electron chi connectivity index (χ4n) is 1.47. The van der Waals surface area contributed by atoms with E-state index in [9.17, 15) is 0 Å². The van der Waals surface area contributed by atoms with Gasteiger partial charge < -0.3 is 10.2 Å². The highest BCUT2D eigenvalue weighted by Gasteiger charge is 2.01. The van der Waals surface area contributed by atoms with Gasteiger partial charge in [0.1, 0.15) is 5.52 Å². The lowest BCUT2D eigenvalue weighted by molar-refractivity contribution is 0.349. The lowest BCUT2D eigenvalue weighted by Crippen LogP contribution is -2.27. The number of likely N-dealkylation sites (N-methyl/N-ethyl adjacent to an activating group) is 1. The highest BCUT2D eigenvalue weighted by atomic mass is 16.3. The van der Waals surface area contributed by atoms with Crippen molar-refractivity contribution in [1.29, 1.82) is 0 Å². The van der Waals surface area contributed by atoms with Crippen LogP contribution < -0.4 is 5.73 Å². The summed E-state index contributed by atoms with van der Waals surface area (Å²) in [4.78, 5) is 6.15. The first-order valence-electron chi connectivity index (χ1n) is 5.00. The predicted molar refractivity (Wildman–Crippen MR) is 59.4 cm³/mol. The van der Waals surface area contributed by atoms with Crippen LogP contribution in [0.3, 0.4) is 0 Å². The average Bonchev–Trinajstić information content (AvgIpc) is 2.72. The van der Waals surface area contributed by atoms with E-state index >= 15 is 0 Å². The Kier molecular flexibility index (Phi) is 2.99. The van der Waals surface area contributed by atoms with Crippen LogP contribution in [0.5, 0.6) is 0 Å². The van der Waals surface area contributed by atoms with Crippen LogP contribution in [0.25, 0.3) is 11.1 Å². The van der Waals surface area contributed by atoms with E-state index in [0.29, 0.717) is 6.67 Å². The molecule has 80 valence electrons. The summed E-state index contributed by atoms with van der Waals surface area (Å²) in [7, 11) is 2.01. The molecule has 0 aliphatic heterocycles. The van der Waals surface area contributed by atoms with Crippen LogP contribution in [0.15, 0.2) is 29.0 Å². The predicted octanol–water partition coefficient (Wildman–Crippen LogP) is 1.22. The molecule has 0 aliphatic rings. The molecular weight excluding hydrogens is 190 g/mol. The van der Waals surface area contributed by atoms with E-state index in [4.69, 9.17) is 10.2 Å². The van der Waals surface area contributed by atoms with Gasteiger partial charge in [0.25, 0.3) is 0 Å². The lowest BCUT2D eigenvalue weighted by Gasteiger charge is -2.12. The second-order valence-corrected chi connectivity index (χ2v) is 3.67. The number of benzene rings is 1. The molecule has 0 saturated carbocycles. The van der Waals surface area contributed by atoms with Gasteiger partial charge in [-0.1, -0.05) is 6.07 Å². The van der Waals surface area contributed by atoms with E-state index in [2.05, 4.69) is 16.0 Å². The van der Waals surface area contributed by atoms with Gasteiger partial charge in [-0.25, -0.2) is 4.98 Å². The third kappa shape index (κ3) is 2.34. The molecule has 2 aromatic rings. The molecule has 0 spiro atoms. The van der Waals surface area contributed by atoms with Gasteiger partial charge in [0.2, 0.25) is 0 Å². The molecular formula is C11H15N3O. The summed E-state index contributed by atoms with van der Waals surface area (Å²) in [5.41, 5.74) is 8.52. The van der Waals surface area contributed by atoms with Crippen LogP contribution in [0, 0.1) is 0 Å². The molecule has 15 heavy (non-hydrogen) atoms. The normalized spacial score (nSPS) is 11.4. The van der Waals surface area contributed by atoms with Gasteiger partial charge in [-0.3, -0.25) is 4.90 Å². The molecule has 1 heterocycles. The van der Waals surface area contributed by atoms with Crippen LogP contribution in [0.1, 0.15) is 5.56 Å². The SMILES string of the molecule is CN(CN)CCc1ccc2ncoc2c1. The van der Waals surface area contributed by atoms with Crippen molar-refractivity contribution in [2.24, 2.45) is 5.73 Å². The highest BCUT2D eigenvalue weighted by Crippen LogP contribution is 2.14. The Hall–Kier alpha value is -1.39. The van der Waals surface area contributed by atoms with Crippen LogP contribution in [0.4, 0.5) is 0 Å². The molecule has 1 aromatic carbocycles. The maximum absolute atomic E-state index is 5.51. The number of nitrogens with zero attached hydrogens (tertiary/aromatic N) is 2. The lowest BCUT2D eigenvalue weighted by atomic mass is 10.1. The molecule has 0 aliphatic carbocycles. The minimum Gasteiger partial charge on any atom is -0.443 e. The van der Waals surface area contributed by atoms with Crippen LogP contribution in [-0.2, 0) is 6.42 Å². The van der Waals surface area contributed by atoms with Crippen molar-refractivity contribution in [3.63, 3.8) is 0 Å². The summed E-state index contributed by atoms with van der Waals surface area (Å²) >= 11 is 0. The van der Waals surface area contributed by atoms with E-state index in [-0.39, 0.29) is 0 Å². The zero-order valence-corrected chi connectivity index (χ0v) is 8.81. The maximum atomic E-state index is 5.51. The van der Waals surface area contributed by atoms with Gasteiger partial charge in [0.15, 0.2) is 12.0 Å². The average molecular weight is 205 g/mol. The largest absolute Gasteiger partial charge is 0.443 e. The Bertz CT molecular complexity index is 438. The van der Waals surface area contributed by atoms with Gasteiger partial charge in [-0.15, -0.1) is 0 Å². The first-order valence-corrected chi connectivity index (χ1v) is 5.00. The molecule has 4 heteroatoms. The van der Waals surface area contributed by atoms with Crippen molar-refractivity contribution >= 4 is 11.1 Å². The van der Waals surface area contributed by atoms with Gasteiger partial charge in [-0.05, 0) is 31.2 Å². The zero-order chi connectivity index (χ0) is 10.7. The standard InChI is InChI=1S/C11H15N3O/c1-14(7-12)5-4-9-2-3-10-11(6-9)15-8-13-10/h2-3,6,8H,4-5,7,12H2,1H3. The fraction of sp³-hybridized carbons (Fsp3) is 0.364.